The van der Waals surface area contributed by atoms with Crippen LogP contribution in [0.25, 0.3) is 0 Å². The zero-order valence-corrected chi connectivity index (χ0v) is 17.7. The lowest BCUT2D eigenvalue weighted by Crippen LogP contribution is -2.52. The highest BCUT2D eigenvalue weighted by molar-refractivity contribution is 7.11. The maximum atomic E-state index is 4.44. The van der Waals surface area contributed by atoms with Crippen molar-refractivity contribution >= 4 is 17.3 Å². The fourth-order valence-corrected chi connectivity index (χ4v) is 5.42. The van der Waals surface area contributed by atoms with Crippen molar-refractivity contribution in [3.8, 4) is 0 Å². The van der Waals surface area contributed by atoms with Crippen LogP contribution < -0.4 is 10.6 Å². The first-order valence-electron chi connectivity index (χ1n) is 10.4. The van der Waals surface area contributed by atoms with Crippen molar-refractivity contribution < 1.29 is 0 Å². The van der Waals surface area contributed by atoms with Gasteiger partial charge in [-0.15, -0.1) is 11.3 Å². The van der Waals surface area contributed by atoms with Crippen molar-refractivity contribution in [2.45, 2.75) is 63.7 Å². The Hall–Kier alpha value is -1.92. The van der Waals surface area contributed by atoms with E-state index in [-0.39, 0.29) is 0 Å². The first-order valence-corrected chi connectivity index (χ1v) is 11.2. The molecule has 6 heteroatoms. The molecule has 2 fully saturated rings. The molecule has 5 nitrogen and oxygen atoms in total. The number of thiazole rings is 1. The van der Waals surface area contributed by atoms with E-state index >= 15 is 0 Å². The van der Waals surface area contributed by atoms with Crippen LogP contribution in [0.4, 0.5) is 0 Å². The Morgan fingerprint density at radius 3 is 2.61 bits per heavy atom. The largest absolute Gasteiger partial charge is 0.356 e. The number of hydrogen-bond donors (Lipinski definition) is 2. The van der Waals surface area contributed by atoms with Crippen LogP contribution in [-0.4, -0.2) is 47.6 Å². The van der Waals surface area contributed by atoms with Crippen LogP contribution in [0.15, 0.2) is 41.5 Å². The van der Waals surface area contributed by atoms with Gasteiger partial charge in [-0.25, -0.2) is 4.98 Å². The van der Waals surface area contributed by atoms with Gasteiger partial charge >= 0.3 is 0 Å². The van der Waals surface area contributed by atoms with Crippen LogP contribution in [-0.2, 0) is 13.0 Å². The number of nitrogens with one attached hydrogen (secondary N) is 2. The van der Waals surface area contributed by atoms with E-state index in [1.165, 1.54) is 41.1 Å². The van der Waals surface area contributed by atoms with Crippen LogP contribution in [0, 0.1) is 6.92 Å². The molecule has 2 aromatic rings. The molecule has 1 aromatic heterocycles. The summed E-state index contributed by atoms with van der Waals surface area (Å²) in [5.41, 5.74) is 1.43. The van der Waals surface area contributed by atoms with Gasteiger partial charge in [0.25, 0.3) is 0 Å². The van der Waals surface area contributed by atoms with E-state index in [2.05, 4.69) is 62.8 Å². The Bertz CT molecular complexity index is 773. The Morgan fingerprint density at radius 2 is 1.96 bits per heavy atom. The van der Waals surface area contributed by atoms with E-state index in [0.29, 0.717) is 18.1 Å². The van der Waals surface area contributed by atoms with Crippen molar-refractivity contribution in [2.24, 2.45) is 4.99 Å². The average Bonchev–Trinajstić information content (AvgIpc) is 3.21. The van der Waals surface area contributed by atoms with Crippen molar-refractivity contribution in [1.82, 2.24) is 20.5 Å². The number of aliphatic imine (C=N–C) groups is 1. The van der Waals surface area contributed by atoms with Gasteiger partial charge in [0, 0.05) is 55.8 Å². The third-order valence-corrected chi connectivity index (χ3v) is 6.93. The molecular weight excluding hydrogens is 366 g/mol. The second-order valence-electron chi connectivity index (χ2n) is 7.97. The molecule has 28 heavy (non-hydrogen) atoms. The molecule has 0 aliphatic carbocycles. The number of benzene rings is 1. The van der Waals surface area contributed by atoms with Crippen molar-refractivity contribution in [1.29, 1.82) is 0 Å². The lowest BCUT2D eigenvalue weighted by molar-refractivity contribution is 0.114. The summed E-state index contributed by atoms with van der Waals surface area (Å²) in [6, 6.07) is 12.8. The molecule has 0 radical (unpaired) electrons. The molecule has 150 valence electrons. The second kappa shape index (κ2) is 9.05. The number of piperidine rings is 1. The van der Waals surface area contributed by atoms with Crippen LogP contribution in [0.3, 0.4) is 0 Å². The molecule has 3 heterocycles. The van der Waals surface area contributed by atoms with Crippen LogP contribution >= 0.6 is 11.3 Å². The van der Waals surface area contributed by atoms with Crippen LogP contribution in [0.2, 0.25) is 0 Å². The van der Waals surface area contributed by atoms with Gasteiger partial charge in [-0.1, -0.05) is 30.3 Å². The highest BCUT2D eigenvalue weighted by Crippen LogP contribution is 2.36. The monoisotopic (exact) mass is 397 g/mol. The summed E-state index contributed by atoms with van der Waals surface area (Å²) in [7, 11) is 1.86. The Morgan fingerprint density at radius 1 is 1.21 bits per heavy atom. The zero-order valence-electron chi connectivity index (χ0n) is 16.9. The molecule has 0 saturated carbocycles. The predicted molar refractivity (Wildman–Crippen MR) is 117 cm³/mol. The minimum absolute atomic E-state index is 0.512. The summed E-state index contributed by atoms with van der Waals surface area (Å²) in [6.45, 7) is 4.06. The van der Waals surface area contributed by atoms with Gasteiger partial charge in [-0.2, -0.15) is 0 Å². The van der Waals surface area contributed by atoms with E-state index in [9.17, 15) is 0 Å². The summed E-state index contributed by atoms with van der Waals surface area (Å²) < 4.78 is 0. The first kappa shape index (κ1) is 19.4. The molecule has 0 amide bonds. The van der Waals surface area contributed by atoms with E-state index < -0.39 is 0 Å². The lowest BCUT2D eigenvalue weighted by Gasteiger charge is -2.39. The molecule has 2 unspecified atom stereocenters. The van der Waals surface area contributed by atoms with Crippen molar-refractivity contribution in [3.63, 3.8) is 0 Å². The summed E-state index contributed by atoms with van der Waals surface area (Å²) in [6.07, 6.45) is 7.95. The smallest absolute Gasteiger partial charge is 0.191 e. The topological polar surface area (TPSA) is 52.6 Å². The van der Waals surface area contributed by atoms with Crippen LogP contribution in [0.1, 0.15) is 41.1 Å². The predicted octanol–water partition coefficient (Wildman–Crippen LogP) is 3.35. The molecule has 2 saturated heterocycles. The lowest BCUT2D eigenvalue weighted by atomic mass is 9.96. The van der Waals surface area contributed by atoms with Gasteiger partial charge in [0.05, 0.1) is 5.01 Å². The van der Waals surface area contributed by atoms with E-state index in [4.69, 9.17) is 0 Å². The maximum Gasteiger partial charge on any atom is 0.191 e. The summed E-state index contributed by atoms with van der Waals surface area (Å²) in [5.74, 6) is 0.925. The number of fused-ring (bicyclic) bond motifs is 2. The van der Waals surface area contributed by atoms with E-state index in [1.54, 1.807) is 11.3 Å². The van der Waals surface area contributed by atoms with Gasteiger partial charge < -0.3 is 10.6 Å². The summed E-state index contributed by atoms with van der Waals surface area (Å²) in [5, 5.41) is 8.33. The van der Waals surface area contributed by atoms with Gasteiger partial charge in [-0.3, -0.25) is 9.89 Å². The highest BCUT2D eigenvalue weighted by Gasteiger charge is 2.40. The molecule has 1 aromatic carbocycles. The molecule has 4 rings (SSSR count). The summed E-state index contributed by atoms with van der Waals surface area (Å²) in [4.78, 5) is 12.9. The zero-order chi connectivity index (χ0) is 19.3. The third kappa shape index (κ3) is 4.73. The Balaban J connectivity index is 1.26. The number of guanidine groups is 1. The number of nitrogens with zero attached hydrogens (tertiary/aromatic N) is 3. The first-order chi connectivity index (χ1) is 13.7. The quantitative estimate of drug-likeness (QED) is 0.580. The maximum absolute atomic E-state index is 4.44. The minimum atomic E-state index is 0.512. The molecular formula is C22H31N5S. The number of aromatic nitrogens is 1. The average molecular weight is 398 g/mol. The number of aryl methyl sites for hydroxylation is 1. The normalized spacial score (nSPS) is 25.1. The molecule has 2 aliphatic rings. The van der Waals surface area contributed by atoms with E-state index in [0.717, 1.165) is 25.5 Å². The summed E-state index contributed by atoms with van der Waals surface area (Å²) >= 11 is 1.78. The van der Waals surface area contributed by atoms with Gasteiger partial charge in [0.1, 0.15) is 0 Å². The third-order valence-electron chi connectivity index (χ3n) is 5.96. The van der Waals surface area contributed by atoms with Gasteiger partial charge in [-0.05, 0) is 38.2 Å². The van der Waals surface area contributed by atoms with Gasteiger partial charge in [0.2, 0.25) is 0 Å². The standard InChI is InChI=1S/C22H31N5S/c1-16-14-25-21(28-16)10-11-24-22(23-2)26-18-12-19-8-9-20(13-18)27(19)15-17-6-4-3-5-7-17/h3-7,14,18-20H,8-13,15H2,1-2H3,(H2,23,24,26). The van der Waals surface area contributed by atoms with Gasteiger partial charge in [0.15, 0.2) is 5.96 Å². The van der Waals surface area contributed by atoms with Crippen molar-refractivity contribution in [2.75, 3.05) is 13.6 Å². The second-order valence-corrected chi connectivity index (χ2v) is 9.29. The molecule has 2 N–H and O–H groups in total. The van der Waals surface area contributed by atoms with Crippen LogP contribution in [0.5, 0.6) is 0 Å². The highest BCUT2D eigenvalue weighted by atomic mass is 32.1. The van der Waals surface area contributed by atoms with Crippen molar-refractivity contribution in [3.05, 3.63) is 52.0 Å². The number of hydrogen-bond acceptors (Lipinski definition) is 4. The Labute approximate surface area is 172 Å². The molecule has 2 bridgehead atoms. The Kier molecular flexibility index (Phi) is 6.27. The fourth-order valence-electron chi connectivity index (χ4n) is 4.64. The molecule has 2 aliphatic heterocycles. The molecule has 0 spiro atoms. The minimum Gasteiger partial charge on any atom is -0.356 e. The SMILES string of the molecule is CN=C(NCCc1ncc(C)s1)NC1CC2CCC(C1)N2Cc1ccccc1. The molecule has 2 atom stereocenters. The van der Waals surface area contributed by atoms with E-state index in [1.807, 2.05) is 13.2 Å². The fraction of sp³-hybridized carbons (Fsp3) is 0.545. The number of rotatable bonds is 6.